The summed E-state index contributed by atoms with van der Waals surface area (Å²) in [4.78, 5) is 14.8. The van der Waals surface area contributed by atoms with Crippen LogP contribution in [0.25, 0.3) is 0 Å². The van der Waals surface area contributed by atoms with Crippen LogP contribution < -0.4 is 5.32 Å². The number of hydrogen-bond acceptors (Lipinski definition) is 3. The van der Waals surface area contributed by atoms with Crippen LogP contribution in [0.4, 0.5) is 0 Å². The highest BCUT2D eigenvalue weighted by molar-refractivity contribution is 7.16. The molecule has 0 saturated heterocycles. The van der Waals surface area contributed by atoms with Gasteiger partial charge in [-0.2, -0.15) is 0 Å². The van der Waals surface area contributed by atoms with E-state index in [1.807, 2.05) is 26.0 Å². The molecule has 16 heavy (non-hydrogen) atoms. The lowest BCUT2D eigenvalue weighted by Gasteiger charge is -2.28. The predicted molar refractivity (Wildman–Crippen MR) is 68.9 cm³/mol. The van der Waals surface area contributed by atoms with Crippen molar-refractivity contribution in [3.05, 3.63) is 21.3 Å². The number of hydrogen-bond donors (Lipinski definition) is 1. The van der Waals surface area contributed by atoms with Crippen molar-refractivity contribution < 1.29 is 4.79 Å². The fourth-order valence-electron chi connectivity index (χ4n) is 1.33. The molecule has 1 heterocycles. The summed E-state index contributed by atoms with van der Waals surface area (Å²) >= 11 is 7.35. The predicted octanol–water partition coefficient (Wildman–Crippen LogP) is 2.36. The van der Waals surface area contributed by atoms with Crippen LogP contribution in [0, 0.1) is 0 Å². The maximum absolute atomic E-state index is 12.0. The van der Waals surface area contributed by atoms with Gasteiger partial charge in [0.1, 0.15) is 0 Å². The first kappa shape index (κ1) is 13.5. The topological polar surface area (TPSA) is 32.3 Å². The highest BCUT2D eigenvalue weighted by Crippen LogP contribution is 2.23. The van der Waals surface area contributed by atoms with E-state index in [9.17, 15) is 4.79 Å². The molecule has 0 spiro atoms. The van der Waals surface area contributed by atoms with Crippen LogP contribution in [-0.4, -0.2) is 30.4 Å². The molecule has 0 unspecified atom stereocenters. The Morgan fingerprint density at radius 1 is 1.56 bits per heavy atom. The van der Waals surface area contributed by atoms with Gasteiger partial charge in [-0.3, -0.25) is 4.79 Å². The zero-order valence-corrected chi connectivity index (χ0v) is 11.6. The fraction of sp³-hybridized carbons (Fsp3) is 0.545. The largest absolute Gasteiger partial charge is 0.339 e. The molecule has 0 aliphatic heterocycles. The number of likely N-dealkylation sites (N-methyl/N-ethyl adjacent to an activating group) is 2. The quantitative estimate of drug-likeness (QED) is 0.902. The molecular weight excluding hydrogens is 244 g/mol. The minimum absolute atomic E-state index is 0.0690. The summed E-state index contributed by atoms with van der Waals surface area (Å²) in [5.41, 5.74) is -0.532. The van der Waals surface area contributed by atoms with Crippen molar-refractivity contribution in [1.29, 1.82) is 0 Å². The molecule has 0 aromatic carbocycles. The van der Waals surface area contributed by atoms with Crippen molar-refractivity contribution in [2.24, 2.45) is 0 Å². The molecular formula is C11H17ClN2OS. The molecule has 3 nitrogen and oxygen atoms in total. The number of halogens is 1. The third-order valence-corrected chi connectivity index (χ3v) is 3.74. The second-order valence-corrected chi connectivity index (χ2v) is 6.04. The van der Waals surface area contributed by atoms with Gasteiger partial charge in [0, 0.05) is 11.9 Å². The molecule has 0 saturated carbocycles. The Hall–Kier alpha value is -0.580. The third-order valence-electron chi connectivity index (χ3n) is 2.53. The van der Waals surface area contributed by atoms with Crippen molar-refractivity contribution in [3.8, 4) is 0 Å². The van der Waals surface area contributed by atoms with E-state index in [0.29, 0.717) is 6.54 Å². The Balaban J connectivity index is 2.65. The fourth-order valence-corrected chi connectivity index (χ4v) is 2.47. The van der Waals surface area contributed by atoms with Crippen LogP contribution in [0.15, 0.2) is 12.1 Å². The second-order valence-electron chi connectivity index (χ2n) is 4.24. The van der Waals surface area contributed by atoms with E-state index >= 15 is 0 Å². The molecule has 5 heteroatoms. The first-order valence-corrected chi connectivity index (χ1v) is 6.25. The SMILES string of the molecule is CNC(C)(C)C(=O)N(C)Cc1ccc(Cl)s1. The van der Waals surface area contributed by atoms with Gasteiger partial charge in [0.25, 0.3) is 0 Å². The molecule has 0 radical (unpaired) electrons. The Morgan fingerprint density at radius 2 is 2.19 bits per heavy atom. The zero-order chi connectivity index (χ0) is 12.3. The molecule has 0 fully saturated rings. The van der Waals surface area contributed by atoms with Crippen LogP contribution in [-0.2, 0) is 11.3 Å². The number of nitrogens with one attached hydrogen (secondary N) is 1. The van der Waals surface area contributed by atoms with Crippen LogP contribution in [0.3, 0.4) is 0 Å². The van der Waals surface area contributed by atoms with E-state index in [1.165, 1.54) is 11.3 Å². The smallest absolute Gasteiger partial charge is 0.242 e. The number of nitrogens with zero attached hydrogens (tertiary/aromatic N) is 1. The normalized spacial score (nSPS) is 11.6. The lowest BCUT2D eigenvalue weighted by Crippen LogP contribution is -2.51. The van der Waals surface area contributed by atoms with Gasteiger partial charge in [-0.1, -0.05) is 11.6 Å². The Bertz CT molecular complexity index is 376. The maximum Gasteiger partial charge on any atom is 0.242 e. The second kappa shape index (κ2) is 5.17. The van der Waals surface area contributed by atoms with Crippen LogP contribution >= 0.6 is 22.9 Å². The molecule has 90 valence electrons. The Kier molecular flexibility index (Phi) is 4.35. The molecule has 1 rings (SSSR count). The molecule has 0 atom stereocenters. The molecule has 1 amide bonds. The molecule has 0 aliphatic rings. The van der Waals surface area contributed by atoms with Crippen molar-refractivity contribution in [3.63, 3.8) is 0 Å². The lowest BCUT2D eigenvalue weighted by molar-refractivity contribution is -0.136. The monoisotopic (exact) mass is 260 g/mol. The van der Waals surface area contributed by atoms with Crippen LogP contribution in [0.5, 0.6) is 0 Å². The standard InChI is InChI=1S/C11H17ClN2OS/c1-11(2,13-3)10(15)14(4)7-8-5-6-9(12)16-8/h5-6,13H,7H2,1-4H3. The van der Waals surface area contributed by atoms with Gasteiger partial charge in [-0.25, -0.2) is 0 Å². The summed E-state index contributed by atoms with van der Waals surface area (Å²) in [5.74, 6) is 0.0690. The average Bonchev–Trinajstić information content (AvgIpc) is 2.62. The van der Waals surface area contributed by atoms with Gasteiger partial charge < -0.3 is 10.2 Å². The van der Waals surface area contributed by atoms with Crippen LogP contribution in [0.1, 0.15) is 18.7 Å². The summed E-state index contributed by atoms with van der Waals surface area (Å²) in [6, 6.07) is 3.80. The van der Waals surface area contributed by atoms with E-state index in [4.69, 9.17) is 11.6 Å². The highest BCUT2D eigenvalue weighted by Gasteiger charge is 2.28. The van der Waals surface area contributed by atoms with Crippen LogP contribution in [0.2, 0.25) is 4.34 Å². The number of carbonyl (C=O) groups excluding carboxylic acids is 1. The van der Waals surface area contributed by atoms with Gasteiger partial charge in [0.2, 0.25) is 5.91 Å². The van der Waals surface area contributed by atoms with Crippen molar-refractivity contribution >= 4 is 28.8 Å². The number of rotatable bonds is 4. The van der Waals surface area contributed by atoms with Crippen molar-refractivity contribution in [2.45, 2.75) is 25.9 Å². The minimum atomic E-state index is -0.532. The summed E-state index contributed by atoms with van der Waals surface area (Å²) in [6.07, 6.45) is 0. The average molecular weight is 261 g/mol. The first-order valence-electron chi connectivity index (χ1n) is 5.05. The van der Waals surface area contributed by atoms with E-state index < -0.39 is 5.54 Å². The van der Waals surface area contributed by atoms with E-state index in [0.717, 1.165) is 9.21 Å². The number of amides is 1. The zero-order valence-electron chi connectivity index (χ0n) is 10.0. The third kappa shape index (κ3) is 3.20. The van der Waals surface area contributed by atoms with E-state index in [2.05, 4.69) is 5.32 Å². The molecule has 0 bridgehead atoms. The van der Waals surface area contributed by atoms with Crippen molar-refractivity contribution in [1.82, 2.24) is 10.2 Å². The van der Waals surface area contributed by atoms with Crippen molar-refractivity contribution in [2.75, 3.05) is 14.1 Å². The lowest BCUT2D eigenvalue weighted by atomic mass is 10.0. The molecule has 1 aromatic heterocycles. The summed E-state index contributed by atoms with van der Waals surface area (Å²) in [7, 11) is 3.59. The van der Waals surface area contributed by atoms with Gasteiger partial charge >= 0.3 is 0 Å². The Morgan fingerprint density at radius 3 is 2.62 bits per heavy atom. The molecule has 1 aromatic rings. The maximum atomic E-state index is 12.0. The van der Waals surface area contributed by atoms with Gasteiger partial charge in [0.05, 0.1) is 16.4 Å². The molecule has 0 aliphatic carbocycles. The summed E-state index contributed by atoms with van der Waals surface area (Å²) in [6.45, 7) is 4.34. The number of thiophene rings is 1. The number of carbonyl (C=O) groups is 1. The van der Waals surface area contributed by atoms with E-state index in [-0.39, 0.29) is 5.91 Å². The van der Waals surface area contributed by atoms with Gasteiger partial charge in [0.15, 0.2) is 0 Å². The van der Waals surface area contributed by atoms with E-state index in [1.54, 1.807) is 19.0 Å². The molecule has 1 N–H and O–H groups in total. The summed E-state index contributed by atoms with van der Waals surface area (Å²) < 4.78 is 0.753. The van der Waals surface area contributed by atoms with Gasteiger partial charge in [-0.05, 0) is 33.0 Å². The first-order chi connectivity index (χ1) is 7.36. The van der Waals surface area contributed by atoms with Gasteiger partial charge in [-0.15, -0.1) is 11.3 Å². The highest BCUT2D eigenvalue weighted by atomic mass is 35.5. The Labute approximate surface area is 105 Å². The summed E-state index contributed by atoms with van der Waals surface area (Å²) in [5, 5.41) is 3.00. The minimum Gasteiger partial charge on any atom is -0.339 e.